The van der Waals surface area contributed by atoms with E-state index in [1.54, 1.807) is 0 Å². The fraction of sp³-hybridized carbons (Fsp3) is 0. The van der Waals surface area contributed by atoms with Crippen LogP contribution < -0.4 is 25.8 Å². The summed E-state index contributed by atoms with van der Waals surface area (Å²) in [5.74, 6) is -9.37. The molecule has 12 N–H and O–H groups in total. The van der Waals surface area contributed by atoms with Gasteiger partial charge in [-0.2, -0.15) is 0 Å². The first-order chi connectivity index (χ1) is 3.16. The molecule has 0 amide bonds. The van der Waals surface area contributed by atoms with Crippen LogP contribution in [0.3, 0.4) is 0 Å². The number of halogens is 4. The molecule has 0 unspecified atom stereocenters. The van der Waals surface area contributed by atoms with Crippen LogP contribution in [0.2, 0.25) is 0 Å². The molecule has 0 spiro atoms. The first-order valence-corrected chi connectivity index (χ1v) is 20.7. The summed E-state index contributed by atoms with van der Waals surface area (Å²) >= 11 is 0. The Morgan fingerprint density at radius 2 is 0.545 bits per heavy atom. The molecule has 0 saturated carbocycles. The Morgan fingerprint density at radius 3 is 0.545 bits per heavy atom. The third kappa shape index (κ3) is 414. The second-order valence-corrected chi connectivity index (χ2v) is 73.6. The van der Waals surface area contributed by atoms with Crippen molar-refractivity contribution in [2.24, 2.45) is 25.8 Å². The van der Waals surface area contributed by atoms with E-state index in [9.17, 15) is 0 Å². The van der Waals surface area contributed by atoms with Crippen LogP contribution in [-0.2, 0) is 5.89 Å². The van der Waals surface area contributed by atoms with Crippen LogP contribution in [0.25, 0.3) is 0 Å². The Balaban J connectivity index is 7.25. The molecule has 0 fully saturated rings. The molecule has 0 aromatic rings. The van der Waals surface area contributed by atoms with Crippen LogP contribution in [-0.4, -0.2) is 0 Å². The van der Waals surface area contributed by atoms with Gasteiger partial charge >= 0.3 is 69.3 Å². The molecule has 0 radical (unpaired) electrons. The van der Waals surface area contributed by atoms with Gasteiger partial charge < -0.3 is 0 Å². The molecule has 11 heteroatoms. The molecule has 0 aliphatic rings. The van der Waals surface area contributed by atoms with Gasteiger partial charge in [0, 0.05) is 0 Å². The molecule has 0 aliphatic heterocycles. The molecular formula is H12Cl4N6Pt. The van der Waals surface area contributed by atoms with Crippen LogP contribution >= 0.6 is 37.7 Å². The van der Waals surface area contributed by atoms with Gasteiger partial charge in [0.15, 0.2) is 0 Å². The van der Waals surface area contributed by atoms with Gasteiger partial charge in [0.1, 0.15) is 0 Å². The minimum absolute atomic E-state index is 4.90. The summed E-state index contributed by atoms with van der Waals surface area (Å²) in [5, 5.41) is 0. The van der Waals surface area contributed by atoms with Crippen molar-refractivity contribution >= 4 is 37.7 Å². The second kappa shape index (κ2) is 0.601. The first kappa shape index (κ1) is 12.6. The summed E-state index contributed by atoms with van der Waals surface area (Å²) < 4.78 is 29.4. The molecule has 0 saturated heterocycles. The topological polar surface area (TPSA) is 156 Å². The van der Waals surface area contributed by atoms with Crippen LogP contribution in [0.15, 0.2) is 0 Å². The van der Waals surface area contributed by atoms with E-state index in [-0.39, 0.29) is 0 Å². The zero-order valence-electron chi connectivity index (χ0n) is 5.29. The molecule has 0 bridgehead atoms. The summed E-state index contributed by atoms with van der Waals surface area (Å²) in [7, 11) is 20.6. The fourth-order valence-electron chi connectivity index (χ4n) is 0. The van der Waals surface area contributed by atoms with Gasteiger partial charge in [0.2, 0.25) is 0 Å². The van der Waals surface area contributed by atoms with E-state index < -0.39 is 5.89 Å². The van der Waals surface area contributed by atoms with E-state index in [0.717, 1.165) is 0 Å². The quantitative estimate of drug-likeness (QED) is 0.294. The molecule has 0 aliphatic carbocycles. The molecule has 0 rings (SSSR count). The molecule has 0 aromatic heterocycles. The van der Waals surface area contributed by atoms with E-state index in [0.29, 0.717) is 0 Å². The van der Waals surface area contributed by atoms with Gasteiger partial charge in [-0.15, -0.1) is 0 Å². The summed E-state index contributed by atoms with van der Waals surface area (Å²) in [4.78, 5) is 0. The minimum atomic E-state index is -9.37. The second-order valence-electron chi connectivity index (χ2n) is 3.51. The Labute approximate surface area is 68.9 Å². The third-order valence-corrected chi connectivity index (χ3v) is 0. The Kier molecular flexibility index (Phi) is 0.689. The summed E-state index contributed by atoms with van der Waals surface area (Å²) in [5.41, 5.74) is 0. The van der Waals surface area contributed by atoms with Crippen LogP contribution in [0.5, 0.6) is 0 Å². The van der Waals surface area contributed by atoms with Gasteiger partial charge in [-0.05, 0) is 0 Å². The van der Waals surface area contributed by atoms with E-state index in [1.807, 2.05) is 0 Å². The Morgan fingerprint density at radius 1 is 0.545 bits per heavy atom. The molecule has 80 valence electrons. The molecule has 0 atom stereocenters. The molecular weight excluding hydrogens is 421 g/mol. The summed E-state index contributed by atoms with van der Waals surface area (Å²) in [6, 6.07) is 0. The van der Waals surface area contributed by atoms with Crippen molar-refractivity contribution in [3.63, 3.8) is 0 Å². The van der Waals surface area contributed by atoms with Gasteiger partial charge in [0.25, 0.3) is 0 Å². The Hall–Kier alpha value is 1.61. The number of hydrogen-bond donors (Lipinski definition) is 6. The zero-order valence-corrected chi connectivity index (χ0v) is 10.6. The number of rotatable bonds is 0. The van der Waals surface area contributed by atoms with E-state index in [4.69, 9.17) is 63.4 Å². The van der Waals surface area contributed by atoms with Crippen molar-refractivity contribution < 1.29 is 5.89 Å². The van der Waals surface area contributed by atoms with Crippen molar-refractivity contribution in [3.05, 3.63) is 0 Å². The predicted octanol–water partition coefficient (Wildman–Crippen LogP) is -0.788. The average molecular weight is 433 g/mol. The monoisotopic (exact) mass is 431 g/mol. The van der Waals surface area contributed by atoms with E-state index in [1.165, 1.54) is 0 Å². The van der Waals surface area contributed by atoms with Crippen molar-refractivity contribution in [1.82, 2.24) is 0 Å². The van der Waals surface area contributed by atoms with Crippen molar-refractivity contribution in [2.45, 2.75) is 0 Å². The van der Waals surface area contributed by atoms with Gasteiger partial charge in [-0.1, -0.05) is 0 Å². The number of nitrogens with two attached hydrogens (primary N) is 6. The van der Waals surface area contributed by atoms with Crippen molar-refractivity contribution in [1.29, 1.82) is 0 Å². The van der Waals surface area contributed by atoms with Gasteiger partial charge in [-0.3, -0.25) is 0 Å². The maximum absolute atomic E-state index is 9.37. The van der Waals surface area contributed by atoms with Crippen molar-refractivity contribution in [3.8, 4) is 0 Å². The van der Waals surface area contributed by atoms with Gasteiger partial charge in [-0.25, -0.2) is 0 Å². The zero-order chi connectivity index (χ0) is 10.3. The van der Waals surface area contributed by atoms with Gasteiger partial charge in [0.05, 0.1) is 0 Å². The first-order valence-electron chi connectivity index (χ1n) is 1.57. The van der Waals surface area contributed by atoms with E-state index in [2.05, 4.69) is 0 Å². The summed E-state index contributed by atoms with van der Waals surface area (Å²) in [6.07, 6.45) is 0. The standard InChI is InChI=1S/4ClH.6H2N.Pt/h4*1H;6*1H2;/q;;;;6*-1;+10/p-4. The molecule has 11 heavy (non-hydrogen) atoms. The number of hydrogen-bond acceptors (Lipinski definition) is 6. The molecule has 0 aromatic carbocycles. The molecule has 0 heterocycles. The normalized spacial score (nSPS) is 39.1. The average Bonchev–Trinajstić information content (AvgIpc) is 0.439. The maximum atomic E-state index is 5.16. The van der Waals surface area contributed by atoms with Crippen molar-refractivity contribution in [2.75, 3.05) is 0 Å². The van der Waals surface area contributed by atoms with Crippen LogP contribution in [0.1, 0.15) is 0 Å². The van der Waals surface area contributed by atoms with Crippen LogP contribution in [0.4, 0.5) is 0 Å². The Bertz CT molecular complexity index is 262. The molecule has 6 nitrogen and oxygen atoms in total. The summed E-state index contributed by atoms with van der Waals surface area (Å²) in [6.45, 7) is 0. The predicted molar refractivity (Wildman–Crippen MR) is 48.5 cm³/mol. The SMILES string of the molecule is [NH2][Pt]([NH2])([NH2])([NH2])([NH2])([NH2])([Cl])([Cl])([Cl])[Cl]. The van der Waals surface area contributed by atoms with E-state index >= 15 is 0 Å². The fourth-order valence-corrected chi connectivity index (χ4v) is 0. The van der Waals surface area contributed by atoms with Crippen LogP contribution in [0, 0.1) is 0 Å². The third-order valence-electron chi connectivity index (χ3n) is 0.